The Morgan fingerprint density at radius 3 is 2.67 bits per heavy atom. The maximum absolute atomic E-state index is 15.4. The lowest BCUT2D eigenvalue weighted by Crippen LogP contribution is -2.49. The normalized spacial score (nSPS) is 23.5. The van der Waals surface area contributed by atoms with Gasteiger partial charge in [0, 0.05) is 42.1 Å². The quantitative estimate of drug-likeness (QED) is 0.553. The van der Waals surface area contributed by atoms with Crippen molar-refractivity contribution in [1.29, 1.82) is 0 Å². The van der Waals surface area contributed by atoms with E-state index >= 15 is 4.39 Å². The van der Waals surface area contributed by atoms with Gasteiger partial charge in [0.15, 0.2) is 5.69 Å². The van der Waals surface area contributed by atoms with Crippen LogP contribution in [0.2, 0.25) is 0 Å². The summed E-state index contributed by atoms with van der Waals surface area (Å²) in [5, 5.41) is 16.6. The molecular formula is C26H34FN5O4. The van der Waals surface area contributed by atoms with Gasteiger partial charge in [-0.3, -0.25) is 9.59 Å². The van der Waals surface area contributed by atoms with Crippen LogP contribution in [-0.4, -0.2) is 47.9 Å². The molecule has 1 aromatic heterocycles. The zero-order valence-corrected chi connectivity index (χ0v) is 20.9. The summed E-state index contributed by atoms with van der Waals surface area (Å²) in [6.45, 7) is 5.93. The van der Waals surface area contributed by atoms with E-state index in [9.17, 15) is 9.59 Å². The number of amides is 2. The molecule has 2 aromatic rings. The van der Waals surface area contributed by atoms with Gasteiger partial charge in [0.2, 0.25) is 5.91 Å². The lowest BCUT2D eigenvalue weighted by atomic mass is 9.75. The first kappa shape index (κ1) is 24.7. The highest BCUT2D eigenvalue weighted by Crippen LogP contribution is 2.46. The molecule has 0 radical (unpaired) electrons. The molecule has 1 aromatic carbocycles. The molecule has 2 amide bonds. The van der Waals surface area contributed by atoms with Gasteiger partial charge in [-0.05, 0) is 61.2 Å². The number of hydrogen-bond donors (Lipinski definition) is 3. The summed E-state index contributed by atoms with van der Waals surface area (Å²) in [4.78, 5) is 26.5. The molecule has 1 saturated heterocycles. The second kappa shape index (κ2) is 10.2. The van der Waals surface area contributed by atoms with E-state index in [1.165, 1.54) is 6.07 Å². The molecule has 10 heteroatoms. The number of rotatable bonds is 6. The highest BCUT2D eigenvalue weighted by Gasteiger charge is 2.43. The summed E-state index contributed by atoms with van der Waals surface area (Å²) in [6.07, 6.45) is 5.63. The minimum Gasteiger partial charge on any atom is -0.384 e. The fourth-order valence-corrected chi connectivity index (χ4v) is 5.96. The Bertz CT molecular complexity index is 1120. The summed E-state index contributed by atoms with van der Waals surface area (Å²) in [5.74, 6) is -0.631. The van der Waals surface area contributed by atoms with Crippen LogP contribution in [-0.2, 0) is 21.4 Å². The third-order valence-corrected chi connectivity index (χ3v) is 8.16. The predicted molar refractivity (Wildman–Crippen MR) is 131 cm³/mol. The molecule has 0 unspecified atom stereocenters. The minimum absolute atomic E-state index is 0.0296. The Kier molecular flexibility index (Phi) is 6.96. The molecule has 9 nitrogen and oxygen atoms in total. The van der Waals surface area contributed by atoms with Crippen LogP contribution < -0.4 is 16.0 Å². The second-order valence-corrected chi connectivity index (χ2v) is 10.5. The molecule has 1 spiro atoms. The molecule has 3 N–H and O–H groups in total. The molecule has 1 atom stereocenters. The van der Waals surface area contributed by atoms with Crippen molar-refractivity contribution < 1.29 is 23.3 Å². The van der Waals surface area contributed by atoms with Gasteiger partial charge < -0.3 is 20.7 Å². The van der Waals surface area contributed by atoms with E-state index in [1.807, 2.05) is 6.92 Å². The highest BCUT2D eigenvalue weighted by molar-refractivity contribution is 6.01. The lowest BCUT2D eigenvalue weighted by molar-refractivity contribution is -0.119. The van der Waals surface area contributed by atoms with Crippen molar-refractivity contribution in [3.05, 3.63) is 34.9 Å². The topological polar surface area (TPSA) is 118 Å². The van der Waals surface area contributed by atoms with Gasteiger partial charge in [0.05, 0.1) is 0 Å². The Morgan fingerprint density at radius 2 is 1.94 bits per heavy atom. The predicted octanol–water partition coefficient (Wildman–Crippen LogP) is 3.81. The van der Waals surface area contributed by atoms with Crippen LogP contribution in [0.3, 0.4) is 0 Å². The average Bonchev–Trinajstić information content (AvgIpc) is 3.49. The lowest BCUT2D eigenvalue weighted by Gasteiger charge is -2.33. The van der Waals surface area contributed by atoms with Gasteiger partial charge in [-0.25, -0.2) is 9.02 Å². The van der Waals surface area contributed by atoms with Crippen molar-refractivity contribution in [3.8, 4) is 0 Å². The van der Waals surface area contributed by atoms with E-state index in [2.05, 4.69) is 33.2 Å². The number of nitrogens with one attached hydrogen (secondary N) is 3. The number of fused-ring (bicyclic) bond motifs is 2. The van der Waals surface area contributed by atoms with Crippen molar-refractivity contribution in [1.82, 2.24) is 15.6 Å². The van der Waals surface area contributed by atoms with E-state index in [4.69, 9.17) is 9.37 Å². The standard InChI is InChI=1S/C26H34FN5O4/c1-3-19-23(32-36-31-19)25(34)30-22(16-6-4-15(2)5-7-16)24(33)29-17-12-18(27)21-20(13-17)28-14-26(21)8-10-35-11-9-26/h12-13,15-16,22,28H,3-11,14H2,1-2H3,(H,29,33)(H,30,34)/t15-,16-,22-/m0/s1. The summed E-state index contributed by atoms with van der Waals surface area (Å²) in [6, 6.07) is 2.40. The van der Waals surface area contributed by atoms with Gasteiger partial charge in [-0.2, -0.15) is 0 Å². The SMILES string of the molecule is CCc1nonc1C(=O)N[C@H](C(=O)Nc1cc(F)c2c(c1)NCC21CCOCC1)[C@H]1CC[C@H](C)CC1. The Balaban J connectivity index is 1.36. The summed E-state index contributed by atoms with van der Waals surface area (Å²) < 4.78 is 25.6. The number of ether oxygens (including phenoxy) is 1. The first-order chi connectivity index (χ1) is 17.4. The van der Waals surface area contributed by atoms with Crippen molar-refractivity contribution in [2.45, 2.75) is 70.3 Å². The fraction of sp³-hybridized carbons (Fsp3) is 0.615. The molecule has 1 aliphatic carbocycles. The number of anilines is 2. The first-order valence-electron chi connectivity index (χ1n) is 13.0. The molecule has 36 heavy (non-hydrogen) atoms. The second-order valence-electron chi connectivity index (χ2n) is 10.5. The van der Waals surface area contributed by atoms with Crippen LogP contribution >= 0.6 is 0 Å². The molecule has 194 valence electrons. The van der Waals surface area contributed by atoms with Gasteiger partial charge in [-0.1, -0.05) is 31.8 Å². The monoisotopic (exact) mass is 499 g/mol. The van der Waals surface area contributed by atoms with Gasteiger partial charge >= 0.3 is 0 Å². The Hall–Kier alpha value is -3.01. The number of aromatic nitrogens is 2. The van der Waals surface area contributed by atoms with Crippen LogP contribution in [0.1, 0.15) is 74.1 Å². The molecular weight excluding hydrogens is 465 g/mol. The largest absolute Gasteiger partial charge is 0.384 e. The summed E-state index contributed by atoms with van der Waals surface area (Å²) in [7, 11) is 0. The molecule has 0 bridgehead atoms. The number of aryl methyl sites for hydroxylation is 1. The third kappa shape index (κ3) is 4.70. The average molecular weight is 500 g/mol. The zero-order chi connectivity index (χ0) is 25.3. The van der Waals surface area contributed by atoms with Crippen molar-refractivity contribution in [2.24, 2.45) is 11.8 Å². The maximum atomic E-state index is 15.4. The van der Waals surface area contributed by atoms with Gasteiger partial charge in [0.1, 0.15) is 17.6 Å². The fourth-order valence-electron chi connectivity index (χ4n) is 5.96. The molecule has 3 aliphatic rings. The zero-order valence-electron chi connectivity index (χ0n) is 20.9. The summed E-state index contributed by atoms with van der Waals surface area (Å²) in [5.41, 5.74) is 2.03. The van der Waals surface area contributed by atoms with Crippen LogP contribution in [0, 0.1) is 17.7 Å². The maximum Gasteiger partial charge on any atom is 0.276 e. The van der Waals surface area contributed by atoms with Crippen molar-refractivity contribution >= 4 is 23.2 Å². The van der Waals surface area contributed by atoms with Crippen LogP contribution in [0.5, 0.6) is 0 Å². The van der Waals surface area contributed by atoms with E-state index < -0.39 is 11.9 Å². The van der Waals surface area contributed by atoms with Gasteiger partial charge in [-0.15, -0.1) is 0 Å². The van der Waals surface area contributed by atoms with Crippen LogP contribution in [0.4, 0.5) is 15.8 Å². The highest BCUT2D eigenvalue weighted by atomic mass is 19.1. The summed E-state index contributed by atoms with van der Waals surface area (Å²) >= 11 is 0. The van der Waals surface area contributed by atoms with E-state index in [0.717, 1.165) is 38.5 Å². The van der Waals surface area contributed by atoms with E-state index in [0.29, 0.717) is 54.7 Å². The molecule has 2 aliphatic heterocycles. The Morgan fingerprint density at radius 1 is 1.19 bits per heavy atom. The van der Waals surface area contributed by atoms with Crippen LogP contribution in [0.15, 0.2) is 16.8 Å². The number of benzene rings is 1. The van der Waals surface area contributed by atoms with Crippen LogP contribution in [0.25, 0.3) is 0 Å². The molecule has 5 rings (SSSR count). The van der Waals surface area contributed by atoms with Crippen molar-refractivity contribution in [3.63, 3.8) is 0 Å². The number of carbonyl (C=O) groups excluding carboxylic acids is 2. The number of hydrogen-bond acceptors (Lipinski definition) is 7. The Labute approximate surface area is 209 Å². The van der Waals surface area contributed by atoms with Gasteiger partial charge in [0.25, 0.3) is 5.91 Å². The molecule has 3 heterocycles. The molecule has 2 fully saturated rings. The van der Waals surface area contributed by atoms with E-state index in [1.54, 1.807) is 6.07 Å². The minimum atomic E-state index is -0.780. The van der Waals surface area contributed by atoms with Crippen molar-refractivity contribution in [2.75, 3.05) is 30.4 Å². The molecule has 1 saturated carbocycles. The number of carbonyl (C=O) groups is 2. The number of halogens is 1. The first-order valence-corrected chi connectivity index (χ1v) is 13.0. The van der Waals surface area contributed by atoms with E-state index in [-0.39, 0.29) is 28.8 Å². The number of nitrogens with zero attached hydrogens (tertiary/aromatic N) is 2. The smallest absolute Gasteiger partial charge is 0.276 e. The third-order valence-electron chi connectivity index (χ3n) is 8.16.